The zero-order chi connectivity index (χ0) is 43.3. The van der Waals surface area contributed by atoms with Crippen molar-refractivity contribution in [2.24, 2.45) is 18.9 Å². The number of nitrogens with zero attached hydrogens (tertiary/aromatic N) is 3. The standard InChI is InChI=1S/C43H34N3.C13H24O2.Ir/c1-43(2,3)38-25-30(23-28-13-5-6-14-31(28)38)40-26-39(44-27-45-40)29-21-22-34-36-18-10-12-20-42(36)46(4)41-19-11-9-17-35(41)32-15-7-8-16-33(32)37(34)24-29;1-5-10(6-2)12(14)9-13(15)11(7-3)8-4;/h5-22,24-27H,1-4H3;9-11,14H,5-8H2,1-4H3;/q-1;;/b;12-9-;. The van der Waals surface area contributed by atoms with E-state index < -0.39 is 0 Å². The first-order valence-electron chi connectivity index (χ1n) is 21.9. The summed E-state index contributed by atoms with van der Waals surface area (Å²) in [7, 11) is 2.16. The minimum absolute atomic E-state index is 0. The number of carbonyl (C=O) groups is 1. The Balaban J connectivity index is 0.000000346. The Morgan fingerprint density at radius 2 is 1.13 bits per heavy atom. The number of hydrogen-bond donors (Lipinski definition) is 1. The first-order chi connectivity index (χ1) is 29.5. The normalized spacial score (nSPS) is 11.9. The van der Waals surface area contributed by atoms with E-state index in [4.69, 9.17) is 9.97 Å². The number of aliphatic hydroxyl groups excluding tert-OH is 1. The third-order valence-corrected chi connectivity index (χ3v) is 12.3. The van der Waals surface area contributed by atoms with E-state index in [-0.39, 0.29) is 48.9 Å². The van der Waals surface area contributed by atoms with Crippen molar-refractivity contribution in [3.63, 3.8) is 0 Å². The number of fused-ring (bicyclic) bond motifs is 8. The number of ketones is 1. The van der Waals surface area contributed by atoms with Gasteiger partial charge in [-0.2, -0.15) is 0 Å². The molecule has 319 valence electrons. The van der Waals surface area contributed by atoms with E-state index in [1.807, 2.05) is 27.7 Å². The van der Waals surface area contributed by atoms with Crippen LogP contribution in [-0.4, -0.2) is 25.4 Å². The van der Waals surface area contributed by atoms with Crippen LogP contribution in [0, 0.1) is 17.9 Å². The van der Waals surface area contributed by atoms with Gasteiger partial charge in [-0.1, -0.05) is 150 Å². The van der Waals surface area contributed by atoms with Crippen molar-refractivity contribution in [3.05, 3.63) is 157 Å². The van der Waals surface area contributed by atoms with Gasteiger partial charge in [-0.3, -0.25) is 9.78 Å². The molecule has 6 heteroatoms. The van der Waals surface area contributed by atoms with Gasteiger partial charge in [-0.05, 0) is 76.9 Å². The summed E-state index contributed by atoms with van der Waals surface area (Å²) in [6, 6.07) is 49.4. The molecule has 0 atom stereocenters. The van der Waals surface area contributed by atoms with Crippen molar-refractivity contribution in [1.82, 2.24) is 14.5 Å². The number of benzene rings is 6. The topological polar surface area (TPSA) is 68.0 Å². The van der Waals surface area contributed by atoms with Gasteiger partial charge in [0, 0.05) is 78.1 Å². The molecule has 0 fully saturated rings. The first kappa shape index (κ1) is 45.8. The molecule has 8 rings (SSSR count). The second-order valence-corrected chi connectivity index (χ2v) is 17.1. The summed E-state index contributed by atoms with van der Waals surface area (Å²) in [5.41, 5.74) is 7.39. The predicted molar refractivity (Wildman–Crippen MR) is 258 cm³/mol. The first-order valence-corrected chi connectivity index (χ1v) is 21.9. The van der Waals surface area contributed by atoms with Crippen molar-refractivity contribution in [1.29, 1.82) is 0 Å². The fourth-order valence-electron chi connectivity index (χ4n) is 8.66. The van der Waals surface area contributed by atoms with Crippen molar-refractivity contribution in [2.75, 3.05) is 0 Å². The zero-order valence-electron chi connectivity index (χ0n) is 37.3. The number of hydrogen-bond acceptors (Lipinski definition) is 4. The van der Waals surface area contributed by atoms with Crippen LogP contribution in [0.15, 0.2) is 146 Å². The fraction of sp³-hybridized carbons (Fsp3) is 0.268. The summed E-state index contributed by atoms with van der Waals surface area (Å²) in [6.07, 6.45) is 6.59. The molecule has 2 heterocycles. The van der Waals surface area contributed by atoms with Crippen molar-refractivity contribution in [3.8, 4) is 22.5 Å². The van der Waals surface area contributed by atoms with Crippen LogP contribution in [-0.2, 0) is 37.4 Å². The zero-order valence-corrected chi connectivity index (χ0v) is 39.7. The summed E-state index contributed by atoms with van der Waals surface area (Å²) in [5, 5.41) is 19.3. The van der Waals surface area contributed by atoms with Crippen molar-refractivity contribution in [2.45, 2.75) is 79.6 Å². The van der Waals surface area contributed by atoms with Gasteiger partial charge in [0.1, 0.15) is 6.33 Å². The molecular formula is C56H58IrN3O2-. The Kier molecular flexibility index (Phi) is 14.8. The molecule has 0 saturated carbocycles. The molecule has 2 aromatic heterocycles. The van der Waals surface area contributed by atoms with E-state index in [0.29, 0.717) is 0 Å². The molecule has 1 radical (unpaired) electrons. The van der Waals surface area contributed by atoms with Crippen molar-refractivity contribution >= 4 is 59.9 Å². The third-order valence-electron chi connectivity index (χ3n) is 12.3. The van der Waals surface area contributed by atoms with E-state index in [2.05, 4.69) is 166 Å². The van der Waals surface area contributed by atoms with E-state index in [1.54, 1.807) is 6.33 Å². The van der Waals surface area contributed by atoms with Gasteiger partial charge >= 0.3 is 0 Å². The summed E-state index contributed by atoms with van der Waals surface area (Å²) in [4.78, 5) is 21.3. The second kappa shape index (κ2) is 20.0. The molecule has 6 aromatic carbocycles. The number of para-hydroxylation sites is 2. The van der Waals surface area contributed by atoms with Gasteiger partial charge < -0.3 is 9.67 Å². The predicted octanol–water partition coefficient (Wildman–Crippen LogP) is 15.0. The number of aliphatic hydroxyl groups is 1. The second-order valence-electron chi connectivity index (χ2n) is 17.1. The van der Waals surface area contributed by atoms with E-state index in [1.165, 1.54) is 60.4 Å². The Morgan fingerprint density at radius 1 is 0.629 bits per heavy atom. The average molecular weight is 997 g/mol. The van der Waals surface area contributed by atoms with E-state index >= 15 is 0 Å². The summed E-state index contributed by atoms with van der Waals surface area (Å²) in [6.45, 7) is 14.9. The number of allylic oxidation sites excluding steroid dienone is 2. The largest absolute Gasteiger partial charge is 0.512 e. The molecule has 0 aliphatic heterocycles. The molecule has 1 N–H and O–H groups in total. The average Bonchev–Trinajstić information content (AvgIpc) is 3.32. The summed E-state index contributed by atoms with van der Waals surface area (Å²) >= 11 is 0. The maximum absolute atomic E-state index is 11.7. The van der Waals surface area contributed by atoms with Crippen LogP contribution < -0.4 is 0 Å². The number of rotatable bonds is 9. The Labute approximate surface area is 380 Å². The molecule has 5 nitrogen and oxygen atoms in total. The van der Waals surface area contributed by atoms with Gasteiger partial charge in [-0.25, -0.2) is 4.98 Å². The monoisotopic (exact) mass is 997 g/mol. The quantitative estimate of drug-likeness (QED) is 0.0889. The van der Waals surface area contributed by atoms with Crippen LogP contribution in [0.3, 0.4) is 0 Å². The van der Waals surface area contributed by atoms with Crippen LogP contribution in [0.1, 0.15) is 79.7 Å². The summed E-state index contributed by atoms with van der Waals surface area (Å²) < 4.78 is 2.31. The maximum atomic E-state index is 11.7. The molecule has 0 unspecified atom stereocenters. The van der Waals surface area contributed by atoms with E-state index in [0.717, 1.165) is 53.6 Å². The molecule has 62 heavy (non-hydrogen) atoms. The van der Waals surface area contributed by atoms with Gasteiger partial charge in [0.15, 0.2) is 5.78 Å². The molecule has 8 aromatic rings. The molecule has 0 saturated heterocycles. The molecule has 0 aliphatic rings. The van der Waals surface area contributed by atoms with Gasteiger partial charge in [0.2, 0.25) is 0 Å². The number of carbonyl (C=O) groups excluding carboxylic acids is 1. The molecule has 0 aliphatic carbocycles. The molecule has 0 spiro atoms. The Morgan fingerprint density at radius 3 is 1.71 bits per heavy atom. The minimum Gasteiger partial charge on any atom is -0.512 e. The SMILES string of the molecule is CCC(CC)C(=O)/C=C(\O)C(CC)CC.Cn1c2ccccc2c2ccccc2c2cc(-c3cc(-c4[c-]c5ccccc5c(C(C)(C)C)c4)ncn3)ccc2c2ccccc21.[Ir]. The number of aryl methyl sites for hydroxylation is 1. The Hall–Kier alpha value is -5.68. The van der Waals surface area contributed by atoms with E-state index in [9.17, 15) is 9.90 Å². The van der Waals surface area contributed by atoms with Crippen LogP contribution in [0.4, 0.5) is 0 Å². The molecule has 0 bridgehead atoms. The molecule has 0 amide bonds. The Bertz CT molecular complexity index is 2970. The van der Waals surface area contributed by atoms with Crippen molar-refractivity contribution < 1.29 is 30.0 Å². The van der Waals surface area contributed by atoms with Crippen LogP contribution in [0.5, 0.6) is 0 Å². The smallest absolute Gasteiger partial charge is 0.162 e. The molecular weight excluding hydrogens is 939 g/mol. The maximum Gasteiger partial charge on any atom is 0.162 e. The van der Waals surface area contributed by atoms with Gasteiger partial charge in [0.05, 0.1) is 11.5 Å². The van der Waals surface area contributed by atoms with Gasteiger partial charge in [0.25, 0.3) is 0 Å². The van der Waals surface area contributed by atoms with Crippen LogP contribution in [0.25, 0.3) is 76.6 Å². The summed E-state index contributed by atoms with van der Waals surface area (Å²) in [5.74, 6) is 0.547. The minimum atomic E-state index is -0.0237. The number of aromatic nitrogens is 3. The van der Waals surface area contributed by atoms with Crippen LogP contribution in [0.2, 0.25) is 0 Å². The third kappa shape index (κ3) is 9.53. The fourth-order valence-corrected chi connectivity index (χ4v) is 8.66. The van der Waals surface area contributed by atoms with Crippen LogP contribution >= 0.6 is 0 Å². The van der Waals surface area contributed by atoms with Gasteiger partial charge in [-0.15, -0.1) is 29.1 Å².